The molecule has 5 nitrogen and oxygen atoms in total. The monoisotopic (exact) mass is 308 g/mol. The lowest BCUT2D eigenvalue weighted by Crippen LogP contribution is -2.05. The summed E-state index contributed by atoms with van der Waals surface area (Å²) < 4.78 is 10.3. The summed E-state index contributed by atoms with van der Waals surface area (Å²) in [4.78, 5) is 16.1. The number of pyridine rings is 1. The number of esters is 1. The second kappa shape index (κ2) is 6.44. The summed E-state index contributed by atoms with van der Waals surface area (Å²) in [7, 11) is 0. The lowest BCUT2D eigenvalue weighted by atomic mass is 10.0. The molecule has 2 heterocycles. The van der Waals surface area contributed by atoms with Crippen LogP contribution < -0.4 is 0 Å². The third-order valence-corrected chi connectivity index (χ3v) is 3.44. The molecule has 116 valence electrons. The molecular weight excluding hydrogens is 292 g/mol. The van der Waals surface area contributed by atoms with E-state index in [1.165, 1.54) is 6.20 Å². The van der Waals surface area contributed by atoms with Crippen LogP contribution in [0.25, 0.3) is 22.5 Å². The van der Waals surface area contributed by atoms with E-state index in [1.54, 1.807) is 19.1 Å². The van der Waals surface area contributed by atoms with E-state index in [-0.39, 0.29) is 5.97 Å². The molecule has 0 unspecified atom stereocenters. The Hall–Kier alpha value is -2.95. The van der Waals surface area contributed by atoms with Gasteiger partial charge in [-0.3, -0.25) is 4.98 Å². The van der Waals surface area contributed by atoms with Crippen molar-refractivity contribution in [3.63, 3.8) is 0 Å². The van der Waals surface area contributed by atoms with Crippen molar-refractivity contribution in [1.29, 1.82) is 0 Å². The largest absolute Gasteiger partial charge is 0.462 e. The number of hydrogen-bond acceptors (Lipinski definition) is 5. The van der Waals surface area contributed by atoms with Crippen molar-refractivity contribution in [2.45, 2.75) is 13.8 Å². The lowest BCUT2D eigenvalue weighted by molar-refractivity contribution is 0.0526. The number of ether oxygens (including phenoxy) is 1. The summed E-state index contributed by atoms with van der Waals surface area (Å²) in [5.74, 6) is 0.303. The van der Waals surface area contributed by atoms with Crippen molar-refractivity contribution in [3.05, 3.63) is 60.0 Å². The van der Waals surface area contributed by atoms with Gasteiger partial charge in [0, 0.05) is 11.8 Å². The molecule has 0 N–H and O–H groups in total. The van der Waals surface area contributed by atoms with Crippen molar-refractivity contribution >= 4 is 5.97 Å². The van der Waals surface area contributed by atoms with Gasteiger partial charge in [-0.15, -0.1) is 0 Å². The number of carbonyl (C=O) groups excluding carboxylic acids is 1. The highest BCUT2D eigenvalue weighted by Crippen LogP contribution is 2.32. The lowest BCUT2D eigenvalue weighted by Gasteiger charge is -2.04. The maximum Gasteiger partial charge on any atom is 0.339 e. The van der Waals surface area contributed by atoms with Crippen molar-refractivity contribution in [3.8, 4) is 22.5 Å². The summed E-state index contributed by atoms with van der Waals surface area (Å²) in [6.45, 7) is 3.95. The van der Waals surface area contributed by atoms with Crippen LogP contribution in [-0.2, 0) is 4.74 Å². The molecular formula is C18H16N2O3. The zero-order valence-electron chi connectivity index (χ0n) is 12.9. The third kappa shape index (κ3) is 2.99. The normalized spacial score (nSPS) is 10.5. The Morgan fingerprint density at radius 1 is 1.17 bits per heavy atom. The molecule has 3 rings (SSSR count). The van der Waals surface area contributed by atoms with Gasteiger partial charge in [0.15, 0.2) is 0 Å². The van der Waals surface area contributed by atoms with E-state index in [9.17, 15) is 4.79 Å². The van der Waals surface area contributed by atoms with E-state index in [2.05, 4.69) is 10.1 Å². The molecule has 0 saturated carbocycles. The molecule has 0 saturated heterocycles. The molecule has 1 aromatic carbocycles. The first kappa shape index (κ1) is 15.0. The van der Waals surface area contributed by atoms with Crippen LogP contribution in [0.15, 0.2) is 53.2 Å². The minimum absolute atomic E-state index is 0.337. The van der Waals surface area contributed by atoms with Gasteiger partial charge in [-0.1, -0.05) is 35.5 Å². The Morgan fingerprint density at radius 3 is 2.61 bits per heavy atom. The minimum Gasteiger partial charge on any atom is -0.462 e. The zero-order chi connectivity index (χ0) is 16.2. The molecule has 0 radical (unpaired) electrons. The van der Waals surface area contributed by atoms with E-state index in [4.69, 9.17) is 9.26 Å². The number of aryl methyl sites for hydroxylation is 1. The van der Waals surface area contributed by atoms with Crippen LogP contribution >= 0.6 is 0 Å². The zero-order valence-corrected chi connectivity index (χ0v) is 12.9. The fraction of sp³-hybridized carbons (Fsp3) is 0.167. The average molecular weight is 308 g/mol. The molecule has 0 atom stereocenters. The third-order valence-electron chi connectivity index (χ3n) is 3.44. The molecule has 3 aromatic rings. The number of rotatable bonds is 4. The standard InChI is InChI=1S/C18H16N2O3/c1-3-22-18(21)14-9-10-15(19-11-14)16-12(2)23-20-17(16)13-7-5-4-6-8-13/h4-11H,3H2,1-2H3. The molecule has 2 aromatic heterocycles. The quantitative estimate of drug-likeness (QED) is 0.684. The number of hydrogen-bond donors (Lipinski definition) is 0. The number of nitrogens with zero attached hydrogens (tertiary/aromatic N) is 2. The van der Waals surface area contributed by atoms with Crippen LogP contribution in [0.4, 0.5) is 0 Å². The van der Waals surface area contributed by atoms with Gasteiger partial charge in [0.2, 0.25) is 0 Å². The molecule has 0 fully saturated rings. The first-order valence-electron chi connectivity index (χ1n) is 7.36. The fourth-order valence-corrected chi connectivity index (χ4v) is 2.34. The smallest absolute Gasteiger partial charge is 0.339 e. The molecule has 0 aliphatic carbocycles. The van der Waals surface area contributed by atoms with Gasteiger partial charge < -0.3 is 9.26 Å². The minimum atomic E-state index is -0.378. The predicted molar refractivity (Wildman–Crippen MR) is 85.9 cm³/mol. The number of carbonyl (C=O) groups is 1. The Bertz CT molecular complexity index is 808. The molecule has 23 heavy (non-hydrogen) atoms. The summed E-state index contributed by atoms with van der Waals surface area (Å²) in [6.07, 6.45) is 1.51. The van der Waals surface area contributed by atoms with E-state index in [0.717, 1.165) is 16.8 Å². The first-order valence-corrected chi connectivity index (χ1v) is 7.36. The van der Waals surface area contributed by atoms with Crippen LogP contribution in [0.3, 0.4) is 0 Å². The van der Waals surface area contributed by atoms with E-state index < -0.39 is 0 Å². The Morgan fingerprint density at radius 2 is 1.96 bits per heavy atom. The molecule has 0 bridgehead atoms. The van der Waals surface area contributed by atoms with E-state index >= 15 is 0 Å². The highest BCUT2D eigenvalue weighted by atomic mass is 16.5. The summed E-state index contributed by atoms with van der Waals surface area (Å²) >= 11 is 0. The highest BCUT2D eigenvalue weighted by molar-refractivity contribution is 5.89. The number of aromatic nitrogens is 2. The van der Waals surface area contributed by atoms with E-state index in [1.807, 2.05) is 37.3 Å². The Kier molecular flexibility index (Phi) is 4.19. The number of benzene rings is 1. The molecule has 0 amide bonds. The van der Waals surface area contributed by atoms with Crippen LogP contribution in [0.5, 0.6) is 0 Å². The highest BCUT2D eigenvalue weighted by Gasteiger charge is 2.18. The topological polar surface area (TPSA) is 65.2 Å². The van der Waals surface area contributed by atoms with Crippen LogP contribution in [0.1, 0.15) is 23.0 Å². The van der Waals surface area contributed by atoms with Crippen molar-refractivity contribution in [2.75, 3.05) is 6.61 Å². The fourth-order valence-electron chi connectivity index (χ4n) is 2.34. The molecule has 0 aliphatic heterocycles. The van der Waals surface area contributed by atoms with E-state index in [0.29, 0.717) is 23.6 Å². The van der Waals surface area contributed by atoms with Crippen LogP contribution in [-0.4, -0.2) is 22.7 Å². The Balaban J connectivity index is 2.00. The van der Waals surface area contributed by atoms with Gasteiger partial charge in [-0.05, 0) is 26.0 Å². The second-order valence-electron chi connectivity index (χ2n) is 4.98. The summed E-state index contributed by atoms with van der Waals surface area (Å²) in [5, 5.41) is 4.14. The van der Waals surface area contributed by atoms with Gasteiger partial charge in [-0.2, -0.15) is 0 Å². The second-order valence-corrected chi connectivity index (χ2v) is 4.98. The van der Waals surface area contributed by atoms with Gasteiger partial charge in [0.05, 0.1) is 23.4 Å². The van der Waals surface area contributed by atoms with Crippen molar-refractivity contribution in [1.82, 2.24) is 10.1 Å². The van der Waals surface area contributed by atoms with Gasteiger partial charge in [-0.25, -0.2) is 4.79 Å². The molecule has 5 heteroatoms. The maximum absolute atomic E-state index is 11.7. The molecule has 0 spiro atoms. The summed E-state index contributed by atoms with van der Waals surface area (Å²) in [5.41, 5.74) is 3.64. The average Bonchev–Trinajstić information content (AvgIpc) is 2.97. The Labute approximate surface area is 133 Å². The van der Waals surface area contributed by atoms with Crippen LogP contribution in [0.2, 0.25) is 0 Å². The maximum atomic E-state index is 11.7. The van der Waals surface area contributed by atoms with Crippen molar-refractivity contribution in [2.24, 2.45) is 0 Å². The predicted octanol–water partition coefficient (Wildman–Crippen LogP) is 3.89. The SMILES string of the molecule is CCOC(=O)c1ccc(-c2c(-c3ccccc3)noc2C)nc1. The van der Waals surface area contributed by atoms with Crippen molar-refractivity contribution < 1.29 is 14.1 Å². The molecule has 0 aliphatic rings. The first-order chi connectivity index (χ1) is 11.2. The van der Waals surface area contributed by atoms with Crippen LogP contribution in [0, 0.1) is 6.92 Å². The van der Waals surface area contributed by atoms with Gasteiger partial charge in [0.1, 0.15) is 11.5 Å². The van der Waals surface area contributed by atoms with Gasteiger partial charge >= 0.3 is 5.97 Å². The summed E-state index contributed by atoms with van der Waals surface area (Å²) in [6, 6.07) is 13.2. The van der Waals surface area contributed by atoms with Gasteiger partial charge in [0.25, 0.3) is 0 Å².